The fourth-order valence-electron chi connectivity index (χ4n) is 1.97. The lowest BCUT2D eigenvalue weighted by atomic mass is 9.99. The van der Waals surface area contributed by atoms with Crippen molar-refractivity contribution >= 4 is 16.9 Å². The average Bonchev–Trinajstić information content (AvgIpc) is 2.57. The molecule has 0 aromatic carbocycles. The molecular weight excluding hydrogens is 232 g/mol. The minimum Gasteiger partial charge on any atom is -0.492 e. The van der Waals surface area contributed by atoms with E-state index in [1.54, 1.807) is 12.2 Å². The van der Waals surface area contributed by atoms with Gasteiger partial charge < -0.3 is 4.74 Å². The van der Waals surface area contributed by atoms with Crippen LogP contribution in [0.15, 0.2) is 24.5 Å². The molecule has 1 atom stereocenters. The molecule has 1 aliphatic rings. The zero-order chi connectivity index (χ0) is 12.7. The van der Waals surface area contributed by atoms with Crippen molar-refractivity contribution < 1.29 is 9.53 Å². The van der Waals surface area contributed by atoms with Crippen molar-refractivity contribution in [3.8, 4) is 0 Å². The molecule has 0 saturated carbocycles. The molecule has 0 unspecified atom stereocenters. The lowest BCUT2D eigenvalue weighted by Gasteiger charge is -2.25. The minimum atomic E-state index is -0.159. The third-order valence-corrected chi connectivity index (χ3v) is 4.13. The summed E-state index contributed by atoms with van der Waals surface area (Å²) in [5, 5.41) is 0.113. The van der Waals surface area contributed by atoms with Gasteiger partial charge >= 0.3 is 0 Å². The summed E-state index contributed by atoms with van der Waals surface area (Å²) in [6.07, 6.45) is 9.24. The van der Waals surface area contributed by atoms with E-state index in [9.17, 15) is 4.79 Å². The number of thioether (sulfide) groups is 1. The van der Waals surface area contributed by atoms with Gasteiger partial charge in [-0.3, -0.25) is 4.79 Å². The first-order valence-electron chi connectivity index (χ1n) is 6.31. The summed E-state index contributed by atoms with van der Waals surface area (Å²) < 4.78 is 5.44. The van der Waals surface area contributed by atoms with Crippen LogP contribution in [0.2, 0.25) is 0 Å². The molecule has 1 aliphatic heterocycles. The van der Waals surface area contributed by atoms with Gasteiger partial charge in [0.15, 0.2) is 0 Å². The number of hydrogen-bond donors (Lipinski definition) is 0. The second-order valence-corrected chi connectivity index (χ2v) is 6.08. The van der Waals surface area contributed by atoms with Gasteiger partial charge in [-0.2, -0.15) is 0 Å². The van der Waals surface area contributed by atoms with Gasteiger partial charge in [0.2, 0.25) is 5.12 Å². The van der Waals surface area contributed by atoms with Crippen molar-refractivity contribution in [2.24, 2.45) is 0 Å². The summed E-state index contributed by atoms with van der Waals surface area (Å²) in [7, 11) is 0. The topological polar surface area (TPSA) is 26.3 Å². The Bertz CT molecular complexity index is 309. The Morgan fingerprint density at radius 3 is 2.88 bits per heavy atom. The largest absolute Gasteiger partial charge is 0.492 e. The van der Waals surface area contributed by atoms with Gasteiger partial charge in [0.05, 0.1) is 4.75 Å². The SMILES string of the molecule is C=CCOC1=CC(=O)S[C@]1(C)CCCCCC. The van der Waals surface area contributed by atoms with E-state index in [0.717, 1.165) is 18.6 Å². The molecule has 17 heavy (non-hydrogen) atoms. The van der Waals surface area contributed by atoms with Gasteiger partial charge in [0, 0.05) is 6.08 Å². The summed E-state index contributed by atoms with van der Waals surface area (Å²) in [6.45, 7) is 8.41. The van der Waals surface area contributed by atoms with Crippen LogP contribution in [0.4, 0.5) is 0 Å². The smallest absolute Gasteiger partial charge is 0.216 e. The van der Waals surface area contributed by atoms with Crippen molar-refractivity contribution in [1.29, 1.82) is 0 Å². The van der Waals surface area contributed by atoms with E-state index in [2.05, 4.69) is 20.4 Å². The number of unbranched alkanes of at least 4 members (excludes halogenated alkanes) is 3. The lowest BCUT2D eigenvalue weighted by molar-refractivity contribution is -0.107. The third-order valence-electron chi connectivity index (χ3n) is 2.96. The van der Waals surface area contributed by atoms with Crippen molar-refractivity contribution in [1.82, 2.24) is 0 Å². The van der Waals surface area contributed by atoms with Crippen LogP contribution in [0.25, 0.3) is 0 Å². The highest BCUT2D eigenvalue weighted by Crippen LogP contribution is 2.43. The third kappa shape index (κ3) is 4.23. The van der Waals surface area contributed by atoms with E-state index < -0.39 is 0 Å². The average molecular weight is 254 g/mol. The molecule has 0 aliphatic carbocycles. The van der Waals surface area contributed by atoms with Crippen LogP contribution in [0.3, 0.4) is 0 Å². The second-order valence-electron chi connectivity index (χ2n) is 4.57. The van der Waals surface area contributed by atoms with Gasteiger partial charge in [-0.25, -0.2) is 0 Å². The van der Waals surface area contributed by atoms with Gasteiger partial charge in [0.25, 0.3) is 0 Å². The molecule has 0 spiro atoms. The molecule has 0 radical (unpaired) electrons. The first kappa shape index (κ1) is 14.4. The molecule has 0 saturated heterocycles. The van der Waals surface area contributed by atoms with E-state index in [-0.39, 0.29) is 9.86 Å². The van der Waals surface area contributed by atoms with Crippen LogP contribution in [0.5, 0.6) is 0 Å². The fraction of sp³-hybridized carbons (Fsp3) is 0.643. The predicted molar refractivity (Wildman–Crippen MR) is 74.0 cm³/mol. The molecule has 2 nitrogen and oxygen atoms in total. The number of hydrogen-bond acceptors (Lipinski definition) is 3. The number of carbonyl (C=O) groups is 1. The van der Waals surface area contributed by atoms with Crippen LogP contribution < -0.4 is 0 Å². The number of ether oxygens (including phenoxy) is 1. The van der Waals surface area contributed by atoms with Gasteiger partial charge in [-0.1, -0.05) is 57.0 Å². The molecule has 0 amide bonds. The zero-order valence-corrected chi connectivity index (χ0v) is 11.6. The quantitative estimate of drug-likeness (QED) is 0.482. The van der Waals surface area contributed by atoms with Crippen molar-refractivity contribution in [2.75, 3.05) is 6.61 Å². The van der Waals surface area contributed by atoms with Crippen LogP contribution in [0, 0.1) is 0 Å². The van der Waals surface area contributed by atoms with Crippen LogP contribution in [-0.2, 0) is 9.53 Å². The van der Waals surface area contributed by atoms with Gasteiger partial charge in [0.1, 0.15) is 12.4 Å². The molecule has 0 bridgehead atoms. The van der Waals surface area contributed by atoms with Crippen molar-refractivity contribution in [3.05, 3.63) is 24.5 Å². The Morgan fingerprint density at radius 2 is 2.24 bits per heavy atom. The molecule has 0 N–H and O–H groups in total. The normalized spacial score (nSPS) is 23.6. The van der Waals surface area contributed by atoms with E-state index in [0.29, 0.717) is 6.61 Å². The van der Waals surface area contributed by atoms with E-state index in [1.165, 1.54) is 31.0 Å². The van der Waals surface area contributed by atoms with Crippen molar-refractivity contribution in [3.63, 3.8) is 0 Å². The molecule has 96 valence electrons. The molecule has 3 heteroatoms. The standard InChI is InChI=1S/C14H22O2S/c1-4-6-7-8-9-14(3)12(16-10-5-2)11-13(15)17-14/h5,11H,2,4,6-10H2,1,3H3/t14-/m1/s1. The monoisotopic (exact) mass is 254 g/mol. The Labute approximate surface area is 108 Å². The molecule has 0 fully saturated rings. The highest BCUT2D eigenvalue weighted by atomic mass is 32.2. The first-order valence-corrected chi connectivity index (χ1v) is 7.13. The summed E-state index contributed by atoms with van der Waals surface area (Å²) >= 11 is 1.39. The maximum atomic E-state index is 11.5. The van der Waals surface area contributed by atoms with Crippen molar-refractivity contribution in [2.45, 2.75) is 50.7 Å². The minimum absolute atomic E-state index is 0.113. The van der Waals surface area contributed by atoms with Gasteiger partial charge in [-0.05, 0) is 13.3 Å². The second kappa shape index (κ2) is 6.90. The fourth-order valence-corrected chi connectivity index (χ4v) is 3.04. The molecular formula is C14H22O2S. The molecule has 0 aromatic rings. The Hall–Kier alpha value is -0.700. The van der Waals surface area contributed by atoms with E-state index in [1.807, 2.05) is 0 Å². The molecule has 1 heterocycles. The highest BCUT2D eigenvalue weighted by Gasteiger charge is 2.38. The highest BCUT2D eigenvalue weighted by molar-refractivity contribution is 8.15. The predicted octanol–water partition coefficient (Wildman–Crippen LogP) is 4.08. The Kier molecular flexibility index (Phi) is 5.83. The van der Waals surface area contributed by atoms with Gasteiger partial charge in [-0.15, -0.1) is 0 Å². The summed E-state index contributed by atoms with van der Waals surface area (Å²) in [6, 6.07) is 0. The van der Waals surface area contributed by atoms with E-state index >= 15 is 0 Å². The maximum absolute atomic E-state index is 11.5. The molecule has 0 aromatic heterocycles. The summed E-state index contributed by atoms with van der Waals surface area (Å²) in [4.78, 5) is 11.5. The lowest BCUT2D eigenvalue weighted by Crippen LogP contribution is -2.22. The van der Waals surface area contributed by atoms with E-state index in [4.69, 9.17) is 4.74 Å². The zero-order valence-electron chi connectivity index (χ0n) is 10.8. The number of carbonyl (C=O) groups excluding carboxylic acids is 1. The molecule has 1 rings (SSSR count). The Balaban J connectivity index is 2.50. The number of rotatable bonds is 8. The Morgan fingerprint density at radius 1 is 1.47 bits per heavy atom. The summed E-state index contributed by atoms with van der Waals surface area (Å²) in [5.74, 6) is 0.823. The first-order chi connectivity index (χ1) is 8.12. The maximum Gasteiger partial charge on any atom is 0.216 e. The van der Waals surface area contributed by atoms with Crippen LogP contribution in [-0.4, -0.2) is 16.5 Å². The summed E-state index contributed by atoms with van der Waals surface area (Å²) in [5.41, 5.74) is 0. The van der Waals surface area contributed by atoms with Crippen LogP contribution >= 0.6 is 11.8 Å². The van der Waals surface area contributed by atoms with Crippen LogP contribution in [0.1, 0.15) is 46.0 Å².